The van der Waals surface area contributed by atoms with Gasteiger partial charge in [-0.3, -0.25) is 0 Å². The monoisotopic (exact) mass is 267 g/mol. The van der Waals surface area contributed by atoms with Crippen LogP contribution in [0.25, 0.3) is 0 Å². The van der Waals surface area contributed by atoms with Gasteiger partial charge in [0, 0.05) is 42.5 Å². The van der Waals surface area contributed by atoms with Gasteiger partial charge in [0.1, 0.15) is 11.4 Å². The van der Waals surface area contributed by atoms with E-state index in [0.717, 1.165) is 37.2 Å². The molecule has 1 heterocycles. The highest BCUT2D eigenvalue weighted by Crippen LogP contribution is 2.49. The van der Waals surface area contributed by atoms with E-state index in [9.17, 15) is 0 Å². The second-order valence-corrected chi connectivity index (χ2v) is 5.70. The summed E-state index contributed by atoms with van der Waals surface area (Å²) in [4.78, 5) is 0. The third-order valence-electron chi connectivity index (χ3n) is 3.89. The average Bonchev–Trinajstić information content (AvgIpc) is 2.29. The molecule has 1 aliphatic carbocycles. The largest absolute Gasteiger partial charge is 0.487 e. The zero-order valence-electron chi connectivity index (χ0n) is 10.5. The highest BCUT2D eigenvalue weighted by molar-refractivity contribution is 6.30. The number of fused-ring (bicyclic) bond motifs is 1. The number of benzene rings is 1. The molecular weight excluding hydrogens is 250 g/mol. The standard InChI is InChI=1S/C14H18ClNO2/c1-2-17-10-6-14(7-10)8-12(16)11-5-9(15)3-4-13(11)18-14/h3-5,10,12H,2,6-8,16H2,1H3/t10?,12-,14?/m1/s1. The first kappa shape index (κ1) is 12.3. The normalized spacial score (nSPS) is 33.7. The molecule has 0 radical (unpaired) electrons. The van der Waals surface area contributed by atoms with Crippen molar-refractivity contribution in [2.24, 2.45) is 5.73 Å². The van der Waals surface area contributed by atoms with E-state index in [2.05, 4.69) is 0 Å². The van der Waals surface area contributed by atoms with E-state index < -0.39 is 0 Å². The van der Waals surface area contributed by atoms with Crippen LogP contribution in [0.1, 0.15) is 37.8 Å². The lowest BCUT2D eigenvalue weighted by Crippen LogP contribution is -2.55. The quantitative estimate of drug-likeness (QED) is 0.896. The summed E-state index contributed by atoms with van der Waals surface area (Å²) in [7, 11) is 0. The van der Waals surface area contributed by atoms with Gasteiger partial charge in [-0.25, -0.2) is 0 Å². The molecule has 1 fully saturated rings. The number of nitrogens with two attached hydrogens (primary N) is 1. The molecule has 4 heteroatoms. The highest BCUT2D eigenvalue weighted by atomic mass is 35.5. The second kappa shape index (κ2) is 4.41. The van der Waals surface area contributed by atoms with Crippen molar-refractivity contribution in [2.45, 2.75) is 43.9 Å². The summed E-state index contributed by atoms with van der Waals surface area (Å²) < 4.78 is 11.7. The van der Waals surface area contributed by atoms with Crippen molar-refractivity contribution in [1.82, 2.24) is 0 Å². The lowest BCUT2D eigenvalue weighted by atomic mass is 9.71. The molecule has 1 aliphatic heterocycles. The molecule has 2 aliphatic rings. The Labute approximate surface area is 112 Å². The van der Waals surface area contributed by atoms with Gasteiger partial charge in [0.15, 0.2) is 0 Å². The van der Waals surface area contributed by atoms with E-state index >= 15 is 0 Å². The van der Waals surface area contributed by atoms with E-state index in [0.29, 0.717) is 11.1 Å². The van der Waals surface area contributed by atoms with Gasteiger partial charge in [0.05, 0.1) is 6.10 Å². The molecule has 3 nitrogen and oxygen atoms in total. The lowest BCUT2D eigenvalue weighted by molar-refractivity contribution is -0.134. The van der Waals surface area contributed by atoms with Crippen LogP contribution in [0.4, 0.5) is 0 Å². The average molecular weight is 268 g/mol. The third kappa shape index (κ3) is 2.00. The van der Waals surface area contributed by atoms with Crippen molar-refractivity contribution in [3.63, 3.8) is 0 Å². The van der Waals surface area contributed by atoms with Crippen LogP contribution in [0.3, 0.4) is 0 Å². The van der Waals surface area contributed by atoms with E-state index in [1.54, 1.807) is 0 Å². The van der Waals surface area contributed by atoms with Crippen LogP contribution >= 0.6 is 11.6 Å². The van der Waals surface area contributed by atoms with Crippen LogP contribution in [-0.2, 0) is 4.74 Å². The molecule has 18 heavy (non-hydrogen) atoms. The van der Waals surface area contributed by atoms with E-state index in [4.69, 9.17) is 26.8 Å². The van der Waals surface area contributed by atoms with Crippen LogP contribution in [0, 0.1) is 0 Å². The maximum Gasteiger partial charge on any atom is 0.125 e. The second-order valence-electron chi connectivity index (χ2n) is 5.26. The Morgan fingerprint density at radius 3 is 2.94 bits per heavy atom. The fourth-order valence-corrected chi connectivity index (χ4v) is 3.24. The first-order valence-corrected chi connectivity index (χ1v) is 6.85. The minimum Gasteiger partial charge on any atom is -0.487 e. The predicted molar refractivity (Wildman–Crippen MR) is 71.0 cm³/mol. The molecule has 1 aromatic rings. The minimum atomic E-state index is -0.111. The number of hydrogen-bond donors (Lipinski definition) is 1. The van der Waals surface area contributed by atoms with Crippen molar-refractivity contribution in [1.29, 1.82) is 0 Å². The van der Waals surface area contributed by atoms with Crippen LogP contribution < -0.4 is 10.5 Å². The van der Waals surface area contributed by atoms with Gasteiger partial charge in [-0.15, -0.1) is 0 Å². The van der Waals surface area contributed by atoms with Gasteiger partial charge in [0.2, 0.25) is 0 Å². The van der Waals surface area contributed by atoms with Crippen LogP contribution in [0.15, 0.2) is 18.2 Å². The maximum absolute atomic E-state index is 6.24. The van der Waals surface area contributed by atoms with Gasteiger partial charge in [-0.05, 0) is 25.1 Å². The summed E-state index contributed by atoms with van der Waals surface area (Å²) in [6.45, 7) is 2.79. The first-order valence-electron chi connectivity index (χ1n) is 6.47. The van der Waals surface area contributed by atoms with E-state index in [1.165, 1.54) is 0 Å². The Balaban J connectivity index is 1.79. The van der Waals surface area contributed by atoms with Gasteiger partial charge < -0.3 is 15.2 Å². The summed E-state index contributed by atoms with van der Waals surface area (Å²) in [5, 5.41) is 0.713. The van der Waals surface area contributed by atoms with Crippen molar-refractivity contribution in [3.8, 4) is 5.75 Å². The number of rotatable bonds is 2. The van der Waals surface area contributed by atoms with Gasteiger partial charge >= 0.3 is 0 Å². The van der Waals surface area contributed by atoms with Gasteiger partial charge in [-0.1, -0.05) is 11.6 Å². The molecule has 0 unspecified atom stereocenters. The van der Waals surface area contributed by atoms with Gasteiger partial charge in [0.25, 0.3) is 0 Å². The summed E-state index contributed by atoms with van der Waals surface area (Å²) in [6.07, 6.45) is 3.06. The maximum atomic E-state index is 6.24. The number of hydrogen-bond acceptors (Lipinski definition) is 3. The molecule has 1 saturated carbocycles. The fraction of sp³-hybridized carbons (Fsp3) is 0.571. The predicted octanol–water partition coefficient (Wildman–Crippen LogP) is 3.06. The van der Waals surface area contributed by atoms with E-state index in [1.807, 2.05) is 25.1 Å². The highest BCUT2D eigenvalue weighted by Gasteiger charge is 2.50. The molecule has 1 atom stereocenters. The Bertz CT molecular complexity index is 457. The molecule has 0 bridgehead atoms. The summed E-state index contributed by atoms with van der Waals surface area (Å²) in [5.41, 5.74) is 7.15. The Hall–Kier alpha value is -0.770. The van der Waals surface area contributed by atoms with Crippen molar-refractivity contribution in [3.05, 3.63) is 28.8 Å². The van der Waals surface area contributed by atoms with Crippen LogP contribution in [0.2, 0.25) is 5.02 Å². The van der Waals surface area contributed by atoms with Crippen molar-refractivity contribution in [2.75, 3.05) is 6.61 Å². The molecule has 1 aromatic carbocycles. The Kier molecular flexibility index (Phi) is 3.00. The minimum absolute atomic E-state index is 0.00928. The Morgan fingerprint density at radius 2 is 2.22 bits per heavy atom. The number of halogens is 1. The molecule has 3 rings (SSSR count). The topological polar surface area (TPSA) is 44.5 Å². The molecular formula is C14H18ClNO2. The van der Waals surface area contributed by atoms with Crippen LogP contribution in [0.5, 0.6) is 5.75 Å². The molecule has 2 N–H and O–H groups in total. The lowest BCUT2D eigenvalue weighted by Gasteiger charge is -2.50. The van der Waals surface area contributed by atoms with Crippen molar-refractivity contribution < 1.29 is 9.47 Å². The zero-order chi connectivity index (χ0) is 12.8. The summed E-state index contributed by atoms with van der Waals surface area (Å²) >= 11 is 5.99. The SMILES string of the molecule is CCOC1CC2(C1)C[C@@H](N)c1cc(Cl)ccc1O2. The number of ether oxygens (including phenoxy) is 2. The molecule has 0 aromatic heterocycles. The third-order valence-corrected chi connectivity index (χ3v) is 4.13. The first-order chi connectivity index (χ1) is 8.62. The zero-order valence-corrected chi connectivity index (χ0v) is 11.2. The van der Waals surface area contributed by atoms with Crippen molar-refractivity contribution >= 4 is 11.6 Å². The molecule has 0 saturated heterocycles. The molecule has 1 spiro atoms. The summed E-state index contributed by atoms with van der Waals surface area (Å²) in [5.74, 6) is 0.882. The van der Waals surface area contributed by atoms with E-state index in [-0.39, 0.29) is 11.6 Å². The smallest absolute Gasteiger partial charge is 0.125 e. The molecule has 0 amide bonds. The Morgan fingerprint density at radius 1 is 1.44 bits per heavy atom. The van der Waals surface area contributed by atoms with Gasteiger partial charge in [-0.2, -0.15) is 0 Å². The van der Waals surface area contributed by atoms with Crippen LogP contribution in [-0.4, -0.2) is 18.3 Å². The molecule has 98 valence electrons. The summed E-state index contributed by atoms with van der Waals surface area (Å²) in [6, 6.07) is 5.69. The fourth-order valence-electron chi connectivity index (χ4n) is 3.06.